The summed E-state index contributed by atoms with van der Waals surface area (Å²) in [5, 5.41) is 4.28. The fraction of sp³-hybridized carbons (Fsp3) is 0.167. The molecule has 1 unspecified atom stereocenters. The minimum atomic E-state index is -0.223. The predicted molar refractivity (Wildman–Crippen MR) is 140 cm³/mol. The standard InChI is InChI=1S/C30H26ClFN2/c1-3-20-15-19(2)30(26-16-22(32)13-14-24(20)26)33-23-17-28(21-9-5-4-6-10-21)34-29(18-23)25-11-7-8-12-27(25)31/h4-14,16-18,20H,3,15H2,1-2H3,(H,33,34). The van der Waals surface area contributed by atoms with Crippen molar-refractivity contribution in [2.75, 3.05) is 5.32 Å². The average molecular weight is 469 g/mol. The lowest BCUT2D eigenvalue weighted by atomic mass is 9.80. The molecule has 4 heteroatoms. The Morgan fingerprint density at radius 1 is 0.912 bits per heavy atom. The second-order valence-electron chi connectivity index (χ2n) is 8.79. The van der Waals surface area contributed by atoms with Gasteiger partial charge >= 0.3 is 0 Å². The molecule has 0 bridgehead atoms. The van der Waals surface area contributed by atoms with Crippen LogP contribution >= 0.6 is 11.6 Å². The molecule has 0 saturated heterocycles. The van der Waals surface area contributed by atoms with Crippen molar-refractivity contribution in [1.82, 2.24) is 4.98 Å². The van der Waals surface area contributed by atoms with E-state index in [1.807, 2.05) is 72.8 Å². The summed E-state index contributed by atoms with van der Waals surface area (Å²) in [6.07, 6.45) is 1.97. The molecule has 0 spiro atoms. The van der Waals surface area contributed by atoms with Gasteiger partial charge in [0, 0.05) is 33.1 Å². The summed E-state index contributed by atoms with van der Waals surface area (Å²) < 4.78 is 14.3. The smallest absolute Gasteiger partial charge is 0.123 e. The van der Waals surface area contributed by atoms with Gasteiger partial charge in [0.15, 0.2) is 0 Å². The van der Waals surface area contributed by atoms with Gasteiger partial charge in [0.25, 0.3) is 0 Å². The molecule has 2 nitrogen and oxygen atoms in total. The number of hydrogen-bond donors (Lipinski definition) is 1. The molecule has 170 valence electrons. The van der Waals surface area contributed by atoms with E-state index in [1.54, 1.807) is 12.1 Å². The summed E-state index contributed by atoms with van der Waals surface area (Å²) in [5.74, 6) is 0.177. The number of aromatic nitrogens is 1. The predicted octanol–water partition coefficient (Wildman–Crippen LogP) is 8.95. The van der Waals surface area contributed by atoms with Crippen LogP contribution in [-0.2, 0) is 0 Å². The maximum Gasteiger partial charge on any atom is 0.123 e. The fourth-order valence-corrected chi connectivity index (χ4v) is 4.99. The van der Waals surface area contributed by atoms with E-state index in [1.165, 1.54) is 11.1 Å². The first kappa shape index (κ1) is 22.4. The Hall–Kier alpha value is -3.43. The van der Waals surface area contributed by atoms with Crippen LogP contribution in [0.15, 0.2) is 90.5 Å². The number of allylic oxidation sites excluding steroid dienone is 1. The zero-order chi connectivity index (χ0) is 23.7. The summed E-state index contributed by atoms with van der Waals surface area (Å²) in [6, 6.07) is 27.0. The number of fused-ring (bicyclic) bond motifs is 1. The van der Waals surface area contributed by atoms with E-state index in [-0.39, 0.29) is 5.82 Å². The highest BCUT2D eigenvalue weighted by Gasteiger charge is 2.25. The van der Waals surface area contributed by atoms with Crippen molar-refractivity contribution in [2.45, 2.75) is 32.6 Å². The van der Waals surface area contributed by atoms with Crippen molar-refractivity contribution >= 4 is 23.0 Å². The van der Waals surface area contributed by atoms with Crippen LogP contribution in [0.2, 0.25) is 5.02 Å². The summed E-state index contributed by atoms with van der Waals surface area (Å²) in [5.41, 5.74) is 8.74. The van der Waals surface area contributed by atoms with Gasteiger partial charge in [-0.05, 0) is 67.2 Å². The number of nitrogens with one attached hydrogen (secondary N) is 1. The third-order valence-electron chi connectivity index (χ3n) is 6.51. The number of benzene rings is 3. The van der Waals surface area contributed by atoms with Gasteiger partial charge < -0.3 is 5.32 Å². The van der Waals surface area contributed by atoms with Crippen molar-refractivity contribution in [1.29, 1.82) is 0 Å². The molecule has 0 radical (unpaired) electrons. The molecule has 5 rings (SSSR count). The normalized spacial score (nSPS) is 15.2. The van der Waals surface area contributed by atoms with Gasteiger partial charge in [-0.25, -0.2) is 9.37 Å². The average Bonchev–Trinajstić information content (AvgIpc) is 2.86. The lowest BCUT2D eigenvalue weighted by molar-refractivity contribution is 0.614. The molecular weight excluding hydrogens is 443 g/mol. The maximum atomic E-state index is 14.3. The van der Waals surface area contributed by atoms with Gasteiger partial charge in [-0.15, -0.1) is 0 Å². The first-order chi connectivity index (χ1) is 16.5. The SMILES string of the molecule is CCC1CC(C)=C(Nc2cc(-c3ccccc3)nc(-c3ccccc3Cl)c2)c2cc(F)ccc21. The summed E-state index contributed by atoms with van der Waals surface area (Å²) in [4.78, 5) is 4.93. The topological polar surface area (TPSA) is 24.9 Å². The number of anilines is 1. The van der Waals surface area contributed by atoms with E-state index < -0.39 is 0 Å². The molecule has 3 aromatic carbocycles. The highest BCUT2D eigenvalue weighted by Crippen LogP contribution is 2.41. The molecular formula is C30H26ClFN2. The molecule has 1 aliphatic rings. The molecule has 0 aliphatic heterocycles. The number of hydrogen-bond acceptors (Lipinski definition) is 2. The van der Waals surface area contributed by atoms with Crippen LogP contribution < -0.4 is 5.32 Å². The van der Waals surface area contributed by atoms with Crippen molar-refractivity contribution in [3.8, 4) is 22.5 Å². The van der Waals surface area contributed by atoms with Crippen LogP contribution in [0.3, 0.4) is 0 Å². The number of nitrogens with zero attached hydrogens (tertiary/aromatic N) is 1. The first-order valence-corrected chi connectivity index (χ1v) is 12.0. The molecule has 1 aromatic heterocycles. The van der Waals surface area contributed by atoms with Crippen LogP contribution in [0.5, 0.6) is 0 Å². The van der Waals surface area contributed by atoms with E-state index in [2.05, 4.69) is 19.2 Å². The Balaban J connectivity index is 1.64. The van der Waals surface area contributed by atoms with Crippen LogP contribution in [0.25, 0.3) is 28.2 Å². The quantitative estimate of drug-likeness (QED) is 0.316. The minimum Gasteiger partial charge on any atom is -0.355 e. The third-order valence-corrected chi connectivity index (χ3v) is 6.84. The largest absolute Gasteiger partial charge is 0.355 e. The van der Waals surface area contributed by atoms with Gasteiger partial charge in [0.05, 0.1) is 11.4 Å². The second kappa shape index (κ2) is 9.44. The highest BCUT2D eigenvalue weighted by atomic mass is 35.5. The molecule has 0 saturated carbocycles. The number of rotatable bonds is 5. The molecule has 1 N–H and O–H groups in total. The lowest BCUT2D eigenvalue weighted by Gasteiger charge is -2.29. The Kier molecular flexibility index (Phi) is 6.21. The van der Waals surface area contributed by atoms with Gasteiger partial charge in [-0.2, -0.15) is 0 Å². The highest BCUT2D eigenvalue weighted by molar-refractivity contribution is 6.33. The van der Waals surface area contributed by atoms with Crippen molar-refractivity contribution in [3.63, 3.8) is 0 Å². The van der Waals surface area contributed by atoms with Crippen molar-refractivity contribution in [2.24, 2.45) is 0 Å². The van der Waals surface area contributed by atoms with E-state index in [0.717, 1.165) is 52.3 Å². The zero-order valence-electron chi connectivity index (χ0n) is 19.3. The molecule has 1 aliphatic carbocycles. The van der Waals surface area contributed by atoms with Crippen molar-refractivity contribution < 1.29 is 4.39 Å². The minimum absolute atomic E-state index is 0.223. The van der Waals surface area contributed by atoms with Crippen LogP contribution in [0, 0.1) is 5.82 Å². The van der Waals surface area contributed by atoms with Gasteiger partial charge in [-0.1, -0.05) is 73.1 Å². The Morgan fingerprint density at radius 3 is 2.41 bits per heavy atom. The van der Waals surface area contributed by atoms with Gasteiger partial charge in [0.2, 0.25) is 0 Å². The Bertz CT molecular complexity index is 1380. The molecule has 4 aromatic rings. The number of halogens is 2. The molecule has 34 heavy (non-hydrogen) atoms. The van der Waals surface area contributed by atoms with E-state index in [9.17, 15) is 4.39 Å². The maximum absolute atomic E-state index is 14.3. The van der Waals surface area contributed by atoms with E-state index in [4.69, 9.17) is 16.6 Å². The van der Waals surface area contributed by atoms with E-state index >= 15 is 0 Å². The van der Waals surface area contributed by atoms with Gasteiger partial charge in [0.1, 0.15) is 5.82 Å². The molecule has 1 heterocycles. The van der Waals surface area contributed by atoms with E-state index in [0.29, 0.717) is 10.9 Å². The molecule has 0 fully saturated rings. The number of pyridine rings is 1. The first-order valence-electron chi connectivity index (χ1n) is 11.6. The summed E-state index contributed by atoms with van der Waals surface area (Å²) in [7, 11) is 0. The Morgan fingerprint density at radius 2 is 1.65 bits per heavy atom. The Labute approximate surface area is 205 Å². The van der Waals surface area contributed by atoms with Crippen LogP contribution in [0.4, 0.5) is 10.1 Å². The molecule has 0 amide bonds. The monoisotopic (exact) mass is 468 g/mol. The van der Waals surface area contributed by atoms with Crippen LogP contribution in [0.1, 0.15) is 43.7 Å². The van der Waals surface area contributed by atoms with Crippen LogP contribution in [-0.4, -0.2) is 4.98 Å². The van der Waals surface area contributed by atoms with Crippen molar-refractivity contribution in [3.05, 3.63) is 112 Å². The third kappa shape index (κ3) is 4.36. The summed E-state index contributed by atoms with van der Waals surface area (Å²) >= 11 is 6.53. The summed E-state index contributed by atoms with van der Waals surface area (Å²) in [6.45, 7) is 4.32. The fourth-order valence-electron chi connectivity index (χ4n) is 4.76. The molecule has 1 atom stereocenters. The lowest BCUT2D eigenvalue weighted by Crippen LogP contribution is -2.14. The second-order valence-corrected chi connectivity index (χ2v) is 9.20. The van der Waals surface area contributed by atoms with Gasteiger partial charge in [-0.3, -0.25) is 0 Å². The zero-order valence-corrected chi connectivity index (χ0v) is 20.0.